The summed E-state index contributed by atoms with van der Waals surface area (Å²) in [6.07, 6.45) is 13.0. The smallest absolute Gasteiger partial charge is 0.310 e. The van der Waals surface area contributed by atoms with E-state index in [2.05, 4.69) is 12.2 Å². The first-order valence-electron chi connectivity index (χ1n) is 12.1. The maximum atomic E-state index is 13.0. The van der Waals surface area contributed by atoms with Crippen LogP contribution in [0.4, 0.5) is 0 Å². The molecule has 0 aliphatic carbocycles. The number of unbranched alkanes of at least 4 members (excludes halogenated alkanes) is 9. The Morgan fingerprint density at radius 2 is 1.50 bits per heavy atom. The number of nitrogens with one attached hydrogen (secondary N) is 1. The third-order valence-corrected chi connectivity index (χ3v) is 9.57. The van der Waals surface area contributed by atoms with Crippen molar-refractivity contribution in [2.75, 3.05) is 18.8 Å². The summed E-state index contributed by atoms with van der Waals surface area (Å²) >= 11 is 8.63. The van der Waals surface area contributed by atoms with Crippen LogP contribution in [0, 0.1) is 10.8 Å². The number of hydrogen-bond donors (Lipinski definition) is 3. The number of hydrogen-bond acceptors (Lipinski definition) is 6. The van der Waals surface area contributed by atoms with Crippen LogP contribution >= 0.6 is 35.7 Å². The molecule has 8 heteroatoms. The SMILES string of the molecule is CCCCCCCCCCCCSC(=S)SC(C)C(C)(C(=O)NCCN)C(C)(C)C(=O)O. The zero-order chi connectivity index (χ0) is 24.6. The maximum Gasteiger partial charge on any atom is 0.310 e. The minimum Gasteiger partial charge on any atom is -0.481 e. The topological polar surface area (TPSA) is 92.4 Å². The molecule has 2 atom stereocenters. The van der Waals surface area contributed by atoms with E-state index in [1.54, 1.807) is 32.5 Å². The lowest BCUT2D eigenvalue weighted by Gasteiger charge is -2.43. The first-order valence-corrected chi connectivity index (χ1v) is 14.4. The number of thioether (sulfide) groups is 2. The van der Waals surface area contributed by atoms with Crippen molar-refractivity contribution in [1.82, 2.24) is 5.32 Å². The summed E-state index contributed by atoms with van der Waals surface area (Å²) in [5, 5.41) is 12.3. The molecule has 0 spiro atoms. The summed E-state index contributed by atoms with van der Waals surface area (Å²) in [7, 11) is 0. The average molecular weight is 507 g/mol. The predicted octanol–water partition coefficient (Wildman–Crippen LogP) is 6.24. The molecular formula is C24H46N2O3S3. The van der Waals surface area contributed by atoms with Gasteiger partial charge in [-0.1, -0.05) is 83.9 Å². The van der Waals surface area contributed by atoms with E-state index in [-0.39, 0.29) is 11.2 Å². The third-order valence-electron chi connectivity index (χ3n) is 6.54. The van der Waals surface area contributed by atoms with Crippen LogP contribution in [0.3, 0.4) is 0 Å². The van der Waals surface area contributed by atoms with Gasteiger partial charge < -0.3 is 16.2 Å². The number of carbonyl (C=O) groups is 2. The van der Waals surface area contributed by atoms with Crippen LogP contribution in [0.25, 0.3) is 0 Å². The van der Waals surface area contributed by atoms with Gasteiger partial charge in [-0.05, 0) is 32.9 Å². The monoisotopic (exact) mass is 506 g/mol. The average Bonchev–Trinajstić information content (AvgIpc) is 2.74. The van der Waals surface area contributed by atoms with Crippen LogP contribution < -0.4 is 11.1 Å². The van der Waals surface area contributed by atoms with Crippen molar-refractivity contribution >= 4 is 51.1 Å². The van der Waals surface area contributed by atoms with Gasteiger partial charge in [0, 0.05) is 18.3 Å². The molecule has 2 unspecified atom stereocenters. The molecular weight excluding hydrogens is 460 g/mol. The van der Waals surface area contributed by atoms with Crippen LogP contribution in [-0.4, -0.2) is 44.6 Å². The lowest BCUT2D eigenvalue weighted by atomic mass is 9.64. The van der Waals surface area contributed by atoms with Crippen LogP contribution in [0.1, 0.15) is 98.8 Å². The van der Waals surface area contributed by atoms with Gasteiger partial charge in [0.2, 0.25) is 5.91 Å². The van der Waals surface area contributed by atoms with E-state index in [0.29, 0.717) is 13.1 Å². The van der Waals surface area contributed by atoms with Crippen LogP contribution in [0.2, 0.25) is 0 Å². The molecule has 32 heavy (non-hydrogen) atoms. The quantitative estimate of drug-likeness (QED) is 0.150. The van der Waals surface area contributed by atoms with Crippen molar-refractivity contribution < 1.29 is 14.7 Å². The number of rotatable bonds is 18. The number of thiocarbonyl (C=S) groups is 1. The van der Waals surface area contributed by atoms with E-state index in [0.717, 1.165) is 15.7 Å². The van der Waals surface area contributed by atoms with Crippen molar-refractivity contribution in [2.45, 2.75) is 104 Å². The molecule has 0 aliphatic heterocycles. The summed E-state index contributed by atoms with van der Waals surface area (Å²) in [4.78, 5) is 24.9. The second-order valence-corrected chi connectivity index (χ2v) is 12.9. The molecule has 0 rings (SSSR count). The molecule has 188 valence electrons. The van der Waals surface area contributed by atoms with Gasteiger partial charge in [0.15, 0.2) is 0 Å². The molecule has 0 aromatic rings. The highest BCUT2D eigenvalue weighted by Gasteiger charge is 2.55. The third kappa shape index (κ3) is 10.7. The number of carboxylic acids is 1. The Kier molecular flexibility index (Phi) is 17.0. The first-order chi connectivity index (χ1) is 15.0. The Balaban J connectivity index is 4.47. The molecule has 0 bridgehead atoms. The van der Waals surface area contributed by atoms with Gasteiger partial charge in [-0.25, -0.2) is 0 Å². The molecule has 0 saturated carbocycles. The van der Waals surface area contributed by atoms with E-state index >= 15 is 0 Å². The van der Waals surface area contributed by atoms with Gasteiger partial charge in [0.25, 0.3) is 0 Å². The maximum absolute atomic E-state index is 13.0. The molecule has 0 aromatic heterocycles. The first kappa shape index (κ1) is 31.7. The van der Waals surface area contributed by atoms with E-state index in [4.69, 9.17) is 18.0 Å². The predicted molar refractivity (Wildman–Crippen MR) is 146 cm³/mol. The number of aliphatic carboxylic acids is 1. The van der Waals surface area contributed by atoms with E-state index in [1.807, 2.05) is 6.92 Å². The summed E-state index contributed by atoms with van der Waals surface area (Å²) in [5.74, 6) is -0.329. The molecule has 0 fully saturated rings. The van der Waals surface area contributed by atoms with E-state index < -0.39 is 16.8 Å². The van der Waals surface area contributed by atoms with E-state index in [1.165, 1.54) is 69.5 Å². The highest BCUT2D eigenvalue weighted by Crippen LogP contribution is 2.47. The lowest BCUT2D eigenvalue weighted by Crippen LogP contribution is -2.57. The number of amides is 1. The Hall–Kier alpha value is -0.310. The number of nitrogens with two attached hydrogens (primary N) is 1. The van der Waals surface area contributed by atoms with Crippen LogP contribution in [0.5, 0.6) is 0 Å². The molecule has 0 aromatic carbocycles. The molecule has 4 N–H and O–H groups in total. The minimum atomic E-state index is -1.26. The molecule has 0 aliphatic rings. The second kappa shape index (κ2) is 17.2. The van der Waals surface area contributed by atoms with Crippen molar-refractivity contribution in [3.63, 3.8) is 0 Å². The lowest BCUT2D eigenvalue weighted by molar-refractivity contribution is -0.160. The van der Waals surface area contributed by atoms with Crippen molar-refractivity contribution in [3.05, 3.63) is 0 Å². The highest BCUT2D eigenvalue weighted by atomic mass is 32.2. The molecule has 0 radical (unpaired) electrons. The Bertz CT molecular complexity index is 573. The minimum absolute atomic E-state index is 0.293. The van der Waals surface area contributed by atoms with Gasteiger partial charge >= 0.3 is 5.97 Å². The fraction of sp³-hybridized carbons (Fsp3) is 0.875. The fourth-order valence-electron chi connectivity index (χ4n) is 3.61. The standard InChI is InChI=1S/C24H46N2O3S3/c1-6-7-8-9-10-11-12-13-14-15-18-31-22(30)32-19(2)24(5,20(27)26-17-16-25)23(3,4)21(28)29/h19H,6-18,25H2,1-5H3,(H,26,27)(H,28,29). The summed E-state index contributed by atoms with van der Waals surface area (Å²) in [6.45, 7) is 9.70. The van der Waals surface area contributed by atoms with Crippen LogP contribution in [-0.2, 0) is 9.59 Å². The van der Waals surface area contributed by atoms with Gasteiger partial charge in [-0.2, -0.15) is 0 Å². The van der Waals surface area contributed by atoms with Gasteiger partial charge in [0.1, 0.15) is 3.53 Å². The summed E-state index contributed by atoms with van der Waals surface area (Å²) in [6, 6.07) is 0. The zero-order valence-electron chi connectivity index (χ0n) is 20.8. The van der Waals surface area contributed by atoms with Crippen molar-refractivity contribution in [3.8, 4) is 0 Å². The normalized spacial score (nSPS) is 14.6. The molecule has 0 saturated heterocycles. The Morgan fingerprint density at radius 1 is 1.00 bits per heavy atom. The van der Waals surface area contributed by atoms with Crippen molar-refractivity contribution in [2.24, 2.45) is 16.6 Å². The highest BCUT2D eigenvalue weighted by molar-refractivity contribution is 8.47. The summed E-state index contributed by atoms with van der Waals surface area (Å²) < 4.78 is 0.771. The number of carbonyl (C=O) groups excluding carboxylic acids is 1. The zero-order valence-corrected chi connectivity index (χ0v) is 23.3. The molecule has 5 nitrogen and oxygen atoms in total. The Morgan fingerprint density at radius 3 is 1.97 bits per heavy atom. The largest absolute Gasteiger partial charge is 0.481 e. The van der Waals surface area contributed by atoms with Crippen molar-refractivity contribution in [1.29, 1.82) is 0 Å². The second-order valence-electron chi connectivity index (χ2n) is 9.22. The van der Waals surface area contributed by atoms with Gasteiger partial charge in [-0.3, -0.25) is 9.59 Å². The van der Waals surface area contributed by atoms with Gasteiger partial charge in [0.05, 0.1) is 10.8 Å². The molecule has 1 amide bonds. The van der Waals surface area contributed by atoms with Crippen LogP contribution in [0.15, 0.2) is 0 Å². The van der Waals surface area contributed by atoms with Gasteiger partial charge in [-0.15, -0.1) is 23.5 Å². The molecule has 0 heterocycles. The number of carboxylic acid groups (broad SMARTS) is 1. The van der Waals surface area contributed by atoms with E-state index in [9.17, 15) is 14.7 Å². The fourth-order valence-corrected chi connectivity index (χ4v) is 6.69. The summed E-state index contributed by atoms with van der Waals surface area (Å²) in [5.41, 5.74) is 3.12. The Labute approximate surface area is 210 Å².